The Morgan fingerprint density at radius 1 is 1.26 bits per heavy atom. The summed E-state index contributed by atoms with van der Waals surface area (Å²) in [4.78, 5) is 10.8. The summed E-state index contributed by atoms with van der Waals surface area (Å²) in [7, 11) is 1.99. The van der Waals surface area contributed by atoms with Gasteiger partial charge >= 0.3 is 0 Å². The Labute approximate surface area is 113 Å². The lowest BCUT2D eigenvalue weighted by Crippen LogP contribution is -2.19. The Morgan fingerprint density at radius 3 is 2.79 bits per heavy atom. The largest absolute Gasteiger partial charge is 0.366 e. The molecule has 0 radical (unpaired) electrons. The van der Waals surface area contributed by atoms with Crippen molar-refractivity contribution in [1.82, 2.24) is 9.97 Å². The summed E-state index contributed by atoms with van der Waals surface area (Å²) in [5.41, 5.74) is 1.23. The van der Waals surface area contributed by atoms with E-state index in [9.17, 15) is 0 Å². The standard InChI is InChI=1S/C15H18N4/c1-3-10-16-14-9-11-17-15(18-14)19(2)12-13-7-5-4-6-8-13/h3-9,11H,1,10,12H2,2H3,(H,16,17,18). The first-order valence-corrected chi connectivity index (χ1v) is 6.22. The smallest absolute Gasteiger partial charge is 0.227 e. The molecule has 1 N–H and O–H groups in total. The van der Waals surface area contributed by atoms with Crippen molar-refractivity contribution in [3.63, 3.8) is 0 Å². The molecule has 1 aromatic heterocycles. The van der Waals surface area contributed by atoms with E-state index in [1.54, 1.807) is 12.3 Å². The molecule has 1 aromatic carbocycles. The van der Waals surface area contributed by atoms with Crippen molar-refractivity contribution in [3.8, 4) is 0 Å². The predicted octanol–water partition coefficient (Wildman–Crippen LogP) is 2.71. The lowest BCUT2D eigenvalue weighted by atomic mass is 10.2. The second-order valence-corrected chi connectivity index (χ2v) is 4.25. The van der Waals surface area contributed by atoms with Crippen molar-refractivity contribution in [2.75, 3.05) is 23.8 Å². The monoisotopic (exact) mass is 254 g/mol. The summed E-state index contributed by atoms with van der Waals surface area (Å²) < 4.78 is 0. The van der Waals surface area contributed by atoms with Crippen LogP contribution in [0.3, 0.4) is 0 Å². The van der Waals surface area contributed by atoms with Gasteiger partial charge in [0.05, 0.1) is 0 Å². The molecule has 0 aliphatic rings. The Morgan fingerprint density at radius 2 is 2.05 bits per heavy atom. The van der Waals surface area contributed by atoms with Crippen LogP contribution in [0.2, 0.25) is 0 Å². The summed E-state index contributed by atoms with van der Waals surface area (Å²) in [5.74, 6) is 1.52. The van der Waals surface area contributed by atoms with Crippen LogP contribution in [0.4, 0.5) is 11.8 Å². The third-order valence-corrected chi connectivity index (χ3v) is 2.67. The van der Waals surface area contributed by atoms with Crippen LogP contribution < -0.4 is 10.2 Å². The first kappa shape index (κ1) is 13.1. The average Bonchev–Trinajstić information content (AvgIpc) is 2.46. The number of rotatable bonds is 6. The highest BCUT2D eigenvalue weighted by molar-refractivity contribution is 5.41. The van der Waals surface area contributed by atoms with Gasteiger partial charge in [-0.3, -0.25) is 0 Å². The molecule has 0 saturated heterocycles. The molecule has 4 heteroatoms. The van der Waals surface area contributed by atoms with Gasteiger partial charge in [-0.15, -0.1) is 6.58 Å². The fourth-order valence-corrected chi connectivity index (χ4v) is 1.74. The van der Waals surface area contributed by atoms with E-state index in [0.717, 1.165) is 12.4 Å². The molecule has 0 atom stereocenters. The van der Waals surface area contributed by atoms with Crippen molar-refractivity contribution in [1.29, 1.82) is 0 Å². The SMILES string of the molecule is C=CCNc1ccnc(N(C)Cc2ccccc2)n1. The highest BCUT2D eigenvalue weighted by Crippen LogP contribution is 2.12. The van der Waals surface area contributed by atoms with E-state index in [2.05, 4.69) is 34.0 Å². The van der Waals surface area contributed by atoms with Gasteiger partial charge in [0.15, 0.2) is 0 Å². The average molecular weight is 254 g/mol. The summed E-state index contributed by atoms with van der Waals surface area (Å²) in [5, 5.41) is 3.16. The quantitative estimate of drug-likeness (QED) is 0.805. The number of hydrogen-bond donors (Lipinski definition) is 1. The van der Waals surface area contributed by atoms with Gasteiger partial charge in [-0.2, -0.15) is 4.98 Å². The minimum absolute atomic E-state index is 0.693. The van der Waals surface area contributed by atoms with Crippen LogP contribution in [0, 0.1) is 0 Å². The molecule has 0 spiro atoms. The van der Waals surface area contributed by atoms with E-state index in [-0.39, 0.29) is 0 Å². The Bertz CT molecular complexity index is 525. The number of nitrogens with one attached hydrogen (secondary N) is 1. The fraction of sp³-hybridized carbons (Fsp3) is 0.200. The minimum atomic E-state index is 0.693. The molecule has 1 heterocycles. The predicted molar refractivity (Wildman–Crippen MR) is 79.3 cm³/mol. The molecular weight excluding hydrogens is 236 g/mol. The van der Waals surface area contributed by atoms with Gasteiger partial charge in [0.2, 0.25) is 5.95 Å². The van der Waals surface area contributed by atoms with Crippen LogP contribution >= 0.6 is 0 Å². The van der Waals surface area contributed by atoms with E-state index >= 15 is 0 Å². The fourth-order valence-electron chi connectivity index (χ4n) is 1.74. The summed E-state index contributed by atoms with van der Waals surface area (Å²) in [6.45, 7) is 5.15. The van der Waals surface area contributed by atoms with E-state index in [0.29, 0.717) is 12.5 Å². The second kappa shape index (κ2) is 6.54. The zero-order valence-electron chi connectivity index (χ0n) is 11.1. The van der Waals surface area contributed by atoms with Gasteiger partial charge in [-0.25, -0.2) is 4.98 Å². The molecule has 0 bridgehead atoms. The number of nitrogens with zero attached hydrogens (tertiary/aromatic N) is 3. The summed E-state index contributed by atoms with van der Waals surface area (Å²) in [6, 6.07) is 12.1. The maximum absolute atomic E-state index is 4.46. The minimum Gasteiger partial charge on any atom is -0.366 e. The molecule has 98 valence electrons. The zero-order chi connectivity index (χ0) is 13.5. The molecule has 0 aliphatic carbocycles. The van der Waals surface area contributed by atoms with Gasteiger partial charge in [-0.1, -0.05) is 36.4 Å². The first-order chi connectivity index (χ1) is 9.29. The van der Waals surface area contributed by atoms with Gasteiger partial charge in [0.1, 0.15) is 5.82 Å². The van der Waals surface area contributed by atoms with Crippen LogP contribution in [0.15, 0.2) is 55.3 Å². The van der Waals surface area contributed by atoms with Gasteiger partial charge in [0.25, 0.3) is 0 Å². The maximum atomic E-state index is 4.46. The zero-order valence-corrected chi connectivity index (χ0v) is 11.1. The Balaban J connectivity index is 2.06. The van der Waals surface area contributed by atoms with Crippen molar-refractivity contribution in [3.05, 3.63) is 60.8 Å². The molecule has 19 heavy (non-hydrogen) atoms. The van der Waals surface area contributed by atoms with Crippen LogP contribution in [-0.4, -0.2) is 23.6 Å². The molecule has 2 rings (SSSR count). The summed E-state index contributed by atoms with van der Waals surface area (Å²) >= 11 is 0. The number of hydrogen-bond acceptors (Lipinski definition) is 4. The van der Waals surface area contributed by atoms with Crippen molar-refractivity contribution in [2.45, 2.75) is 6.54 Å². The number of aromatic nitrogens is 2. The molecular formula is C15H18N4. The van der Waals surface area contributed by atoms with Crippen LogP contribution in [0.25, 0.3) is 0 Å². The third-order valence-electron chi connectivity index (χ3n) is 2.67. The highest BCUT2D eigenvalue weighted by atomic mass is 15.2. The van der Waals surface area contributed by atoms with Gasteiger partial charge in [-0.05, 0) is 11.6 Å². The Hall–Kier alpha value is -2.36. The Kier molecular flexibility index (Phi) is 4.50. The van der Waals surface area contributed by atoms with E-state index in [1.165, 1.54) is 5.56 Å². The normalized spacial score (nSPS) is 9.95. The van der Waals surface area contributed by atoms with Crippen LogP contribution in [0.1, 0.15) is 5.56 Å². The molecule has 0 aliphatic heterocycles. The van der Waals surface area contributed by atoms with Gasteiger partial charge in [0, 0.05) is 26.3 Å². The maximum Gasteiger partial charge on any atom is 0.227 e. The van der Waals surface area contributed by atoms with Crippen molar-refractivity contribution in [2.24, 2.45) is 0 Å². The highest BCUT2D eigenvalue weighted by Gasteiger charge is 2.05. The molecule has 4 nitrogen and oxygen atoms in total. The third kappa shape index (κ3) is 3.81. The molecule has 0 amide bonds. The number of benzene rings is 1. The van der Waals surface area contributed by atoms with Crippen LogP contribution in [-0.2, 0) is 6.54 Å². The van der Waals surface area contributed by atoms with Crippen molar-refractivity contribution >= 4 is 11.8 Å². The van der Waals surface area contributed by atoms with E-state index in [4.69, 9.17) is 0 Å². The number of anilines is 2. The van der Waals surface area contributed by atoms with Gasteiger partial charge < -0.3 is 10.2 Å². The molecule has 0 fully saturated rings. The topological polar surface area (TPSA) is 41.1 Å². The molecule has 2 aromatic rings. The molecule has 0 saturated carbocycles. The van der Waals surface area contributed by atoms with E-state index < -0.39 is 0 Å². The van der Waals surface area contributed by atoms with Crippen molar-refractivity contribution < 1.29 is 0 Å². The second-order valence-electron chi connectivity index (χ2n) is 4.25. The van der Waals surface area contributed by atoms with E-state index in [1.807, 2.05) is 36.2 Å². The molecule has 0 unspecified atom stereocenters. The lowest BCUT2D eigenvalue weighted by Gasteiger charge is -2.17. The summed E-state index contributed by atoms with van der Waals surface area (Å²) in [6.07, 6.45) is 3.56. The lowest BCUT2D eigenvalue weighted by molar-refractivity contribution is 0.867. The van der Waals surface area contributed by atoms with Crippen LogP contribution in [0.5, 0.6) is 0 Å². The first-order valence-electron chi connectivity index (χ1n) is 6.22.